The third-order valence-corrected chi connectivity index (χ3v) is 4.81. The molecule has 24 heavy (non-hydrogen) atoms. The van der Waals surface area contributed by atoms with Crippen molar-refractivity contribution in [2.24, 2.45) is 0 Å². The number of aromatic nitrogens is 1. The lowest BCUT2D eigenvalue weighted by Gasteiger charge is -2.20. The number of carbonyl (C=O) groups is 1. The summed E-state index contributed by atoms with van der Waals surface area (Å²) in [6, 6.07) is 10.3. The van der Waals surface area contributed by atoms with Gasteiger partial charge in [-0.2, -0.15) is 4.31 Å². The smallest absolute Gasteiger partial charge is 0.252 e. The minimum absolute atomic E-state index is 0.174. The van der Waals surface area contributed by atoms with E-state index in [2.05, 4.69) is 10.3 Å². The fraction of sp³-hybridized carbons (Fsp3) is 0.250. The van der Waals surface area contributed by atoms with E-state index in [1.807, 2.05) is 0 Å². The molecule has 0 saturated carbocycles. The van der Waals surface area contributed by atoms with Crippen LogP contribution in [0.4, 0.5) is 0 Å². The summed E-state index contributed by atoms with van der Waals surface area (Å²) in [7, 11) is -3.40. The molecule has 8 heteroatoms. The highest BCUT2D eigenvalue weighted by Gasteiger charge is 2.17. The number of benzene rings is 1. The molecule has 0 atom stereocenters. The van der Waals surface area contributed by atoms with Crippen LogP contribution in [-0.2, 0) is 16.6 Å². The maximum Gasteiger partial charge on any atom is 0.252 e. The predicted molar refractivity (Wildman–Crippen MR) is 93.3 cm³/mol. The van der Waals surface area contributed by atoms with E-state index in [0.29, 0.717) is 10.6 Å². The summed E-state index contributed by atoms with van der Waals surface area (Å²) in [5.41, 5.74) is 1.25. The molecule has 0 fully saturated rings. The van der Waals surface area contributed by atoms with E-state index in [9.17, 15) is 13.2 Å². The maximum atomic E-state index is 11.9. The summed E-state index contributed by atoms with van der Waals surface area (Å²) in [4.78, 5) is 15.8. The van der Waals surface area contributed by atoms with Crippen LogP contribution in [0, 0.1) is 0 Å². The fourth-order valence-electron chi connectivity index (χ4n) is 2.05. The standard InChI is InChI=1S/C16H18ClN3O3S/c1-24(22,23)20(12-13-4-6-15(17)7-5-13)10-9-19-16(21)14-3-2-8-18-11-14/h2-8,11H,9-10,12H2,1H3,(H,19,21). The van der Waals surface area contributed by atoms with Gasteiger partial charge >= 0.3 is 0 Å². The molecule has 1 N–H and O–H groups in total. The minimum atomic E-state index is -3.40. The topological polar surface area (TPSA) is 79.4 Å². The third kappa shape index (κ3) is 5.59. The second-order valence-corrected chi connectivity index (χ2v) is 7.64. The van der Waals surface area contributed by atoms with Gasteiger partial charge in [0, 0.05) is 37.1 Å². The number of rotatable bonds is 7. The highest BCUT2D eigenvalue weighted by molar-refractivity contribution is 7.88. The second kappa shape index (κ2) is 8.23. The number of nitrogens with one attached hydrogen (secondary N) is 1. The molecule has 0 unspecified atom stereocenters. The Morgan fingerprint density at radius 2 is 1.96 bits per heavy atom. The van der Waals surface area contributed by atoms with Gasteiger partial charge in [0.25, 0.3) is 5.91 Å². The van der Waals surface area contributed by atoms with Gasteiger partial charge in [-0.25, -0.2) is 8.42 Å². The van der Waals surface area contributed by atoms with E-state index in [1.165, 1.54) is 10.5 Å². The van der Waals surface area contributed by atoms with Gasteiger partial charge in [-0.15, -0.1) is 0 Å². The number of sulfonamides is 1. The van der Waals surface area contributed by atoms with Crippen molar-refractivity contribution in [1.82, 2.24) is 14.6 Å². The second-order valence-electron chi connectivity index (χ2n) is 5.22. The zero-order chi connectivity index (χ0) is 17.6. The lowest BCUT2D eigenvalue weighted by Crippen LogP contribution is -2.37. The van der Waals surface area contributed by atoms with Gasteiger partial charge < -0.3 is 5.32 Å². The zero-order valence-electron chi connectivity index (χ0n) is 13.1. The van der Waals surface area contributed by atoms with Crippen LogP contribution in [-0.4, -0.2) is 43.0 Å². The molecule has 1 aromatic carbocycles. The molecule has 0 aliphatic rings. The zero-order valence-corrected chi connectivity index (χ0v) is 14.7. The quantitative estimate of drug-likeness (QED) is 0.810. The van der Waals surface area contributed by atoms with Crippen molar-refractivity contribution in [3.05, 3.63) is 64.9 Å². The van der Waals surface area contributed by atoms with Crippen molar-refractivity contribution in [3.8, 4) is 0 Å². The summed E-state index contributed by atoms with van der Waals surface area (Å²) < 4.78 is 25.2. The summed E-state index contributed by atoms with van der Waals surface area (Å²) >= 11 is 5.83. The van der Waals surface area contributed by atoms with Crippen LogP contribution in [0.15, 0.2) is 48.8 Å². The first-order valence-electron chi connectivity index (χ1n) is 7.24. The summed E-state index contributed by atoms with van der Waals surface area (Å²) in [6.07, 6.45) is 4.18. The van der Waals surface area contributed by atoms with Crippen LogP contribution >= 0.6 is 11.6 Å². The molecule has 0 aliphatic carbocycles. The average Bonchev–Trinajstić information content (AvgIpc) is 2.55. The largest absolute Gasteiger partial charge is 0.351 e. The van der Waals surface area contributed by atoms with Gasteiger partial charge in [-0.1, -0.05) is 23.7 Å². The molecule has 1 heterocycles. The third-order valence-electron chi connectivity index (χ3n) is 3.31. The van der Waals surface area contributed by atoms with E-state index in [0.717, 1.165) is 11.8 Å². The van der Waals surface area contributed by atoms with E-state index in [-0.39, 0.29) is 25.5 Å². The van der Waals surface area contributed by atoms with Crippen molar-refractivity contribution in [1.29, 1.82) is 0 Å². The molecule has 0 bridgehead atoms. The van der Waals surface area contributed by atoms with Crippen LogP contribution in [0.2, 0.25) is 5.02 Å². The first-order chi connectivity index (χ1) is 11.4. The molecule has 0 aliphatic heterocycles. The molecule has 0 radical (unpaired) electrons. The van der Waals surface area contributed by atoms with Crippen molar-refractivity contribution in [3.63, 3.8) is 0 Å². The molecule has 1 aromatic heterocycles. The number of amides is 1. The highest BCUT2D eigenvalue weighted by Crippen LogP contribution is 2.13. The first kappa shape index (κ1) is 18.4. The number of hydrogen-bond acceptors (Lipinski definition) is 4. The molecular formula is C16H18ClN3O3S. The molecule has 0 saturated heterocycles. The van der Waals surface area contributed by atoms with Gasteiger partial charge in [0.15, 0.2) is 0 Å². The Morgan fingerprint density at radius 1 is 1.25 bits per heavy atom. The lowest BCUT2D eigenvalue weighted by atomic mass is 10.2. The fourth-order valence-corrected chi connectivity index (χ4v) is 2.98. The molecule has 6 nitrogen and oxygen atoms in total. The molecule has 2 aromatic rings. The Kier molecular flexibility index (Phi) is 6.30. The van der Waals surface area contributed by atoms with Crippen molar-refractivity contribution in [2.45, 2.75) is 6.54 Å². The van der Waals surface area contributed by atoms with E-state index >= 15 is 0 Å². The number of halogens is 1. The Hall–Kier alpha value is -1.96. The highest BCUT2D eigenvalue weighted by atomic mass is 35.5. The van der Waals surface area contributed by atoms with Gasteiger partial charge in [0.1, 0.15) is 0 Å². The molecule has 128 valence electrons. The van der Waals surface area contributed by atoms with E-state index in [4.69, 9.17) is 11.6 Å². The molecular weight excluding hydrogens is 350 g/mol. The SMILES string of the molecule is CS(=O)(=O)N(CCNC(=O)c1cccnc1)Cc1ccc(Cl)cc1. The average molecular weight is 368 g/mol. The number of hydrogen-bond donors (Lipinski definition) is 1. The minimum Gasteiger partial charge on any atom is -0.351 e. The normalized spacial score (nSPS) is 11.5. The first-order valence-corrected chi connectivity index (χ1v) is 9.46. The van der Waals surface area contributed by atoms with Crippen LogP contribution in [0.1, 0.15) is 15.9 Å². The lowest BCUT2D eigenvalue weighted by molar-refractivity contribution is 0.0951. The number of pyridine rings is 1. The summed E-state index contributed by atoms with van der Waals surface area (Å²) in [5, 5.41) is 3.28. The Morgan fingerprint density at radius 3 is 2.54 bits per heavy atom. The maximum absolute atomic E-state index is 11.9. The molecule has 1 amide bonds. The molecule has 0 spiro atoms. The van der Waals surface area contributed by atoms with Crippen LogP contribution < -0.4 is 5.32 Å². The van der Waals surface area contributed by atoms with Crippen LogP contribution in [0.3, 0.4) is 0 Å². The molecule has 2 rings (SSSR count). The Bertz CT molecular complexity index is 780. The van der Waals surface area contributed by atoms with Crippen molar-refractivity contribution >= 4 is 27.5 Å². The number of nitrogens with zero attached hydrogens (tertiary/aromatic N) is 2. The summed E-state index contributed by atoms with van der Waals surface area (Å²) in [6.45, 7) is 0.598. The summed E-state index contributed by atoms with van der Waals surface area (Å²) in [5.74, 6) is -0.289. The van der Waals surface area contributed by atoms with Gasteiger partial charge in [-0.05, 0) is 29.8 Å². The van der Waals surface area contributed by atoms with Crippen LogP contribution in [0.25, 0.3) is 0 Å². The van der Waals surface area contributed by atoms with E-state index in [1.54, 1.807) is 42.6 Å². The Labute approximate surface area is 146 Å². The van der Waals surface area contributed by atoms with Crippen molar-refractivity contribution < 1.29 is 13.2 Å². The Balaban J connectivity index is 1.95. The van der Waals surface area contributed by atoms with Gasteiger partial charge in [0.2, 0.25) is 10.0 Å². The van der Waals surface area contributed by atoms with E-state index < -0.39 is 10.0 Å². The monoisotopic (exact) mass is 367 g/mol. The van der Waals surface area contributed by atoms with Crippen LogP contribution in [0.5, 0.6) is 0 Å². The van der Waals surface area contributed by atoms with Gasteiger partial charge in [0.05, 0.1) is 11.8 Å². The van der Waals surface area contributed by atoms with Crippen molar-refractivity contribution in [2.75, 3.05) is 19.3 Å². The number of carbonyl (C=O) groups excluding carboxylic acids is 1. The predicted octanol–water partition coefficient (Wildman–Crippen LogP) is 1.93. The van der Waals surface area contributed by atoms with Gasteiger partial charge in [-0.3, -0.25) is 9.78 Å².